The van der Waals surface area contributed by atoms with Crippen molar-refractivity contribution in [1.29, 1.82) is 0 Å². The second-order valence-corrected chi connectivity index (χ2v) is 4.57. The zero-order chi connectivity index (χ0) is 13.7. The van der Waals surface area contributed by atoms with E-state index >= 15 is 0 Å². The van der Waals surface area contributed by atoms with Crippen molar-refractivity contribution >= 4 is 16.8 Å². The summed E-state index contributed by atoms with van der Waals surface area (Å²) in [5.74, 6) is 1.01. The van der Waals surface area contributed by atoms with Crippen LogP contribution in [0.25, 0.3) is 28.2 Å². The fourth-order valence-corrected chi connectivity index (χ4v) is 2.48. The van der Waals surface area contributed by atoms with Crippen LogP contribution in [0, 0.1) is 0 Å². The monoisotopic (exact) mass is 264 g/mol. The summed E-state index contributed by atoms with van der Waals surface area (Å²) in [4.78, 5) is 24.2. The molecule has 0 N–H and O–H groups in total. The van der Waals surface area contributed by atoms with Gasteiger partial charge in [0.05, 0.1) is 11.6 Å². The molecule has 0 spiro atoms. The summed E-state index contributed by atoms with van der Waals surface area (Å²) in [5.41, 5.74) is 0.0412. The van der Waals surface area contributed by atoms with Crippen LogP contribution in [0.4, 0.5) is 0 Å². The molecule has 0 fully saturated rings. The van der Waals surface area contributed by atoms with Gasteiger partial charge >= 0.3 is 5.63 Å². The fraction of sp³-hybridized carbons (Fsp3) is 0. The number of furan rings is 2. The molecule has 0 saturated carbocycles. The van der Waals surface area contributed by atoms with Crippen molar-refractivity contribution in [2.24, 2.45) is 0 Å². The minimum Gasteiger partial charge on any atom is -0.465 e. The van der Waals surface area contributed by atoms with E-state index in [9.17, 15) is 9.59 Å². The lowest BCUT2D eigenvalue weighted by Gasteiger charge is -2.00. The normalized spacial score (nSPS) is 12.7. The van der Waals surface area contributed by atoms with Gasteiger partial charge in [-0.1, -0.05) is 12.1 Å². The Balaban J connectivity index is 2.20. The highest BCUT2D eigenvalue weighted by Crippen LogP contribution is 2.27. The standard InChI is InChI=1S/C16H8O4/c17-15-9(7-10-3-2-6-19-10)8-13-14-11(15)4-1-5-12(14)16(18)20-13/h1-8H/b9-7+. The van der Waals surface area contributed by atoms with E-state index in [0.717, 1.165) is 0 Å². The van der Waals surface area contributed by atoms with Gasteiger partial charge in [-0.2, -0.15) is 0 Å². The third-order valence-electron chi connectivity index (χ3n) is 3.37. The zero-order valence-electron chi connectivity index (χ0n) is 10.3. The van der Waals surface area contributed by atoms with Gasteiger partial charge in [-0.05, 0) is 30.3 Å². The van der Waals surface area contributed by atoms with Crippen molar-refractivity contribution in [2.75, 3.05) is 0 Å². The Hall–Kier alpha value is -2.88. The summed E-state index contributed by atoms with van der Waals surface area (Å²) in [6, 6.07) is 10.1. The molecule has 2 heterocycles. The minimum atomic E-state index is -0.417. The van der Waals surface area contributed by atoms with Crippen molar-refractivity contribution in [3.63, 3.8) is 0 Å². The predicted octanol–water partition coefficient (Wildman–Crippen LogP) is 1.84. The summed E-state index contributed by atoms with van der Waals surface area (Å²) < 4.78 is 10.4. The van der Waals surface area contributed by atoms with Crippen molar-refractivity contribution in [1.82, 2.24) is 0 Å². The minimum absolute atomic E-state index is 0.139. The van der Waals surface area contributed by atoms with E-state index in [1.807, 2.05) is 0 Å². The maximum absolute atomic E-state index is 12.5. The van der Waals surface area contributed by atoms with E-state index in [0.29, 0.717) is 33.1 Å². The molecule has 0 unspecified atom stereocenters. The van der Waals surface area contributed by atoms with Gasteiger partial charge in [-0.3, -0.25) is 4.79 Å². The van der Waals surface area contributed by atoms with Crippen LogP contribution in [0.3, 0.4) is 0 Å². The number of hydrogen-bond acceptors (Lipinski definition) is 4. The summed E-state index contributed by atoms with van der Waals surface area (Å²) in [6.45, 7) is 0. The van der Waals surface area contributed by atoms with Crippen molar-refractivity contribution in [2.45, 2.75) is 0 Å². The van der Waals surface area contributed by atoms with Gasteiger partial charge in [-0.15, -0.1) is 0 Å². The smallest absolute Gasteiger partial charge is 0.344 e. The summed E-state index contributed by atoms with van der Waals surface area (Å²) in [6.07, 6.45) is 3.17. The molecule has 1 aliphatic carbocycles. The van der Waals surface area contributed by atoms with Crippen molar-refractivity contribution in [3.05, 3.63) is 74.3 Å². The average Bonchev–Trinajstić information content (AvgIpc) is 3.06. The molecule has 1 aromatic carbocycles. The van der Waals surface area contributed by atoms with Gasteiger partial charge in [0.1, 0.15) is 11.5 Å². The summed E-state index contributed by atoms with van der Waals surface area (Å²) in [5, 5.41) is 1.37. The van der Waals surface area contributed by atoms with E-state index < -0.39 is 5.63 Å². The molecule has 0 atom stereocenters. The van der Waals surface area contributed by atoms with Crippen LogP contribution in [0.2, 0.25) is 0 Å². The van der Waals surface area contributed by atoms with E-state index in [1.165, 1.54) is 6.26 Å². The average molecular weight is 264 g/mol. The van der Waals surface area contributed by atoms with Crippen LogP contribution < -0.4 is 16.3 Å². The SMILES string of the molecule is O=c1oc2c/c(=C\c3ccco3)c(=O)c3cccc1c3-2. The molecule has 4 nitrogen and oxygen atoms in total. The lowest BCUT2D eigenvalue weighted by Crippen LogP contribution is -2.25. The molecule has 4 rings (SSSR count). The van der Waals surface area contributed by atoms with Crippen LogP contribution in [-0.2, 0) is 0 Å². The Bertz CT molecular complexity index is 1020. The zero-order valence-corrected chi connectivity index (χ0v) is 10.3. The van der Waals surface area contributed by atoms with Crippen LogP contribution in [0.5, 0.6) is 0 Å². The Morgan fingerprint density at radius 1 is 1.00 bits per heavy atom. The van der Waals surface area contributed by atoms with Crippen LogP contribution >= 0.6 is 0 Å². The number of hydrogen-bond donors (Lipinski definition) is 0. The lowest BCUT2D eigenvalue weighted by atomic mass is 10.0. The van der Waals surface area contributed by atoms with Crippen molar-refractivity contribution < 1.29 is 8.83 Å². The molecule has 96 valence electrons. The molecular formula is C16H8O4. The number of rotatable bonds is 1. The quantitative estimate of drug-likeness (QED) is 0.526. The Morgan fingerprint density at radius 3 is 2.65 bits per heavy atom. The maximum atomic E-state index is 12.5. The highest BCUT2D eigenvalue weighted by atomic mass is 16.4. The van der Waals surface area contributed by atoms with Gasteiger partial charge in [0, 0.05) is 16.2 Å². The molecule has 0 saturated heterocycles. The predicted molar refractivity (Wildman–Crippen MR) is 74.1 cm³/mol. The largest absolute Gasteiger partial charge is 0.465 e. The Morgan fingerprint density at radius 2 is 1.85 bits per heavy atom. The van der Waals surface area contributed by atoms with E-state index in [2.05, 4.69) is 0 Å². The van der Waals surface area contributed by atoms with Crippen molar-refractivity contribution in [3.8, 4) is 11.3 Å². The fourth-order valence-electron chi connectivity index (χ4n) is 2.48. The second-order valence-electron chi connectivity index (χ2n) is 4.57. The molecule has 4 heteroatoms. The first-order valence-electron chi connectivity index (χ1n) is 6.11. The third kappa shape index (κ3) is 1.42. The lowest BCUT2D eigenvalue weighted by molar-refractivity contribution is 0.547. The number of benzene rings is 2. The molecule has 0 bridgehead atoms. The Labute approximate surface area is 112 Å². The van der Waals surface area contributed by atoms with E-state index in [4.69, 9.17) is 8.83 Å². The van der Waals surface area contributed by atoms with Crippen LogP contribution in [-0.4, -0.2) is 0 Å². The van der Waals surface area contributed by atoms with Gasteiger partial charge < -0.3 is 8.83 Å². The molecule has 0 amide bonds. The third-order valence-corrected chi connectivity index (χ3v) is 3.37. The topological polar surface area (TPSA) is 60.4 Å². The molecular weight excluding hydrogens is 256 g/mol. The van der Waals surface area contributed by atoms with Crippen LogP contribution in [0.1, 0.15) is 5.76 Å². The highest BCUT2D eigenvalue weighted by molar-refractivity contribution is 5.95. The van der Waals surface area contributed by atoms with E-state index in [-0.39, 0.29) is 5.43 Å². The van der Waals surface area contributed by atoms with Gasteiger partial charge in [0.15, 0.2) is 5.43 Å². The highest BCUT2D eigenvalue weighted by Gasteiger charge is 2.19. The van der Waals surface area contributed by atoms with Gasteiger partial charge in [0.25, 0.3) is 0 Å². The van der Waals surface area contributed by atoms with Gasteiger partial charge in [-0.25, -0.2) is 4.79 Å². The van der Waals surface area contributed by atoms with E-state index in [1.54, 1.807) is 42.5 Å². The maximum Gasteiger partial charge on any atom is 0.344 e. The first kappa shape index (κ1) is 11.0. The molecule has 20 heavy (non-hydrogen) atoms. The summed E-state index contributed by atoms with van der Waals surface area (Å²) in [7, 11) is 0. The summed E-state index contributed by atoms with van der Waals surface area (Å²) >= 11 is 0. The Kier molecular flexibility index (Phi) is 2.09. The molecule has 0 radical (unpaired) electrons. The van der Waals surface area contributed by atoms with Gasteiger partial charge in [0.2, 0.25) is 0 Å². The second kappa shape index (κ2) is 3.81. The molecule has 2 aliphatic rings. The first-order valence-corrected chi connectivity index (χ1v) is 6.11. The molecule has 2 aromatic rings. The van der Waals surface area contributed by atoms with Crippen LogP contribution in [0.15, 0.2) is 61.1 Å². The first-order chi connectivity index (χ1) is 9.74. The molecule has 1 aliphatic heterocycles. The molecule has 1 aromatic heterocycles.